The Morgan fingerprint density at radius 1 is 1.50 bits per heavy atom. The van der Waals surface area contributed by atoms with E-state index in [0.29, 0.717) is 23.7 Å². The van der Waals surface area contributed by atoms with E-state index < -0.39 is 11.4 Å². The largest absolute Gasteiger partial charge is 0.497 e. The lowest BCUT2D eigenvalue weighted by Gasteiger charge is -2.24. The molecule has 16 heavy (non-hydrogen) atoms. The second kappa shape index (κ2) is 4.06. The van der Waals surface area contributed by atoms with Gasteiger partial charge in [0.1, 0.15) is 11.6 Å². The average Bonchev–Trinajstić information content (AvgIpc) is 3.00. The minimum atomic E-state index is -1.07. The van der Waals surface area contributed by atoms with E-state index in [9.17, 15) is 9.50 Å². The summed E-state index contributed by atoms with van der Waals surface area (Å²) in [7, 11) is 1.50. The zero-order chi connectivity index (χ0) is 11.8. The highest BCUT2D eigenvalue weighted by Crippen LogP contribution is 2.41. The van der Waals surface area contributed by atoms with E-state index in [0.717, 1.165) is 12.8 Å². The molecule has 1 N–H and O–H groups in total. The molecular formula is C13H17FO2. The van der Waals surface area contributed by atoms with Crippen LogP contribution < -0.4 is 4.74 Å². The highest BCUT2D eigenvalue weighted by atomic mass is 19.1. The average molecular weight is 224 g/mol. The van der Waals surface area contributed by atoms with E-state index in [1.807, 2.05) is 0 Å². The first-order chi connectivity index (χ1) is 7.53. The third kappa shape index (κ3) is 2.35. The summed E-state index contributed by atoms with van der Waals surface area (Å²) in [5, 5.41) is 10.3. The minimum absolute atomic E-state index is 0.361. The van der Waals surface area contributed by atoms with Crippen molar-refractivity contribution in [2.75, 3.05) is 7.11 Å². The lowest BCUT2D eigenvalue weighted by atomic mass is 9.90. The third-order valence-corrected chi connectivity index (χ3v) is 3.14. The molecule has 2 rings (SSSR count). The summed E-state index contributed by atoms with van der Waals surface area (Å²) in [4.78, 5) is 0. The highest BCUT2D eigenvalue weighted by Gasteiger charge is 2.34. The van der Waals surface area contributed by atoms with Gasteiger partial charge in [0.2, 0.25) is 0 Å². The summed E-state index contributed by atoms with van der Waals surface area (Å²) in [6, 6.07) is 4.60. The zero-order valence-electron chi connectivity index (χ0n) is 9.66. The number of ether oxygens (including phenoxy) is 1. The van der Waals surface area contributed by atoms with Crippen molar-refractivity contribution in [1.82, 2.24) is 0 Å². The van der Waals surface area contributed by atoms with Crippen LogP contribution in [0.2, 0.25) is 0 Å². The van der Waals surface area contributed by atoms with Crippen molar-refractivity contribution >= 4 is 0 Å². The van der Waals surface area contributed by atoms with E-state index in [1.165, 1.54) is 13.2 Å². The molecule has 1 aromatic carbocycles. The molecule has 1 atom stereocenters. The molecule has 1 aromatic rings. The molecular weight excluding hydrogens is 207 g/mol. The fourth-order valence-corrected chi connectivity index (χ4v) is 2.05. The zero-order valence-corrected chi connectivity index (χ0v) is 9.66. The maximum absolute atomic E-state index is 13.8. The fourth-order valence-electron chi connectivity index (χ4n) is 2.05. The van der Waals surface area contributed by atoms with Gasteiger partial charge in [-0.3, -0.25) is 0 Å². The van der Waals surface area contributed by atoms with E-state index in [1.54, 1.807) is 19.1 Å². The van der Waals surface area contributed by atoms with Gasteiger partial charge in [-0.2, -0.15) is 0 Å². The molecule has 0 bridgehead atoms. The molecule has 1 unspecified atom stereocenters. The van der Waals surface area contributed by atoms with Crippen molar-refractivity contribution in [3.05, 3.63) is 29.6 Å². The Morgan fingerprint density at radius 3 is 2.69 bits per heavy atom. The van der Waals surface area contributed by atoms with E-state index in [2.05, 4.69) is 0 Å². The van der Waals surface area contributed by atoms with Gasteiger partial charge in [0.15, 0.2) is 0 Å². The van der Waals surface area contributed by atoms with Crippen LogP contribution in [0.25, 0.3) is 0 Å². The van der Waals surface area contributed by atoms with Crippen LogP contribution in [0.3, 0.4) is 0 Å². The standard InChI is InChI=1S/C13H17FO2/c1-13(15,8-9-3-4-9)11-6-5-10(16-2)7-12(11)14/h5-7,9,15H,3-4,8H2,1-2H3. The normalized spacial score (nSPS) is 19.2. The summed E-state index contributed by atoms with van der Waals surface area (Å²) >= 11 is 0. The van der Waals surface area contributed by atoms with Crippen LogP contribution in [-0.4, -0.2) is 12.2 Å². The molecule has 0 aromatic heterocycles. The first-order valence-electron chi connectivity index (χ1n) is 5.59. The van der Waals surface area contributed by atoms with Gasteiger partial charge in [-0.25, -0.2) is 4.39 Å². The smallest absolute Gasteiger partial charge is 0.132 e. The Bertz CT molecular complexity index is 384. The maximum atomic E-state index is 13.8. The Morgan fingerprint density at radius 2 is 2.19 bits per heavy atom. The molecule has 2 nitrogen and oxygen atoms in total. The van der Waals surface area contributed by atoms with E-state index >= 15 is 0 Å². The van der Waals surface area contributed by atoms with E-state index in [-0.39, 0.29) is 0 Å². The van der Waals surface area contributed by atoms with E-state index in [4.69, 9.17) is 4.74 Å². The molecule has 0 radical (unpaired) electrons. The first kappa shape index (κ1) is 11.4. The summed E-state index contributed by atoms with van der Waals surface area (Å²) < 4.78 is 18.7. The summed E-state index contributed by atoms with van der Waals surface area (Å²) in [6.07, 6.45) is 2.93. The van der Waals surface area contributed by atoms with Crippen LogP contribution >= 0.6 is 0 Å². The Hall–Kier alpha value is -1.09. The van der Waals surface area contributed by atoms with Crippen LogP contribution in [0.15, 0.2) is 18.2 Å². The Balaban J connectivity index is 2.23. The maximum Gasteiger partial charge on any atom is 0.132 e. The van der Waals surface area contributed by atoms with Gasteiger partial charge < -0.3 is 9.84 Å². The van der Waals surface area contributed by atoms with Crippen molar-refractivity contribution in [3.63, 3.8) is 0 Å². The molecule has 3 heteroatoms. The van der Waals surface area contributed by atoms with Crippen LogP contribution in [0.4, 0.5) is 4.39 Å². The van der Waals surface area contributed by atoms with Gasteiger partial charge in [-0.15, -0.1) is 0 Å². The van der Waals surface area contributed by atoms with Gasteiger partial charge >= 0.3 is 0 Å². The Kier molecular flexibility index (Phi) is 2.89. The number of aliphatic hydroxyl groups is 1. The van der Waals surface area contributed by atoms with Crippen molar-refractivity contribution in [2.45, 2.75) is 31.8 Å². The van der Waals surface area contributed by atoms with Crippen molar-refractivity contribution in [1.29, 1.82) is 0 Å². The van der Waals surface area contributed by atoms with Crippen molar-refractivity contribution < 1.29 is 14.2 Å². The first-order valence-corrected chi connectivity index (χ1v) is 5.59. The topological polar surface area (TPSA) is 29.5 Å². The number of hydrogen-bond donors (Lipinski definition) is 1. The predicted molar refractivity (Wildman–Crippen MR) is 59.9 cm³/mol. The molecule has 0 heterocycles. The second-order valence-corrected chi connectivity index (χ2v) is 4.77. The van der Waals surface area contributed by atoms with Gasteiger partial charge in [-0.05, 0) is 31.4 Å². The van der Waals surface area contributed by atoms with Crippen molar-refractivity contribution in [2.24, 2.45) is 5.92 Å². The monoisotopic (exact) mass is 224 g/mol. The fraction of sp³-hybridized carbons (Fsp3) is 0.538. The lowest BCUT2D eigenvalue weighted by Crippen LogP contribution is -2.23. The summed E-state index contributed by atoms with van der Waals surface area (Å²) in [5.74, 6) is 0.630. The third-order valence-electron chi connectivity index (χ3n) is 3.14. The Labute approximate surface area is 95.1 Å². The number of benzene rings is 1. The SMILES string of the molecule is COc1ccc(C(C)(O)CC2CC2)c(F)c1. The highest BCUT2D eigenvalue weighted by molar-refractivity contribution is 5.32. The van der Waals surface area contributed by atoms with Gasteiger partial charge in [0, 0.05) is 11.6 Å². The van der Waals surface area contributed by atoms with Crippen LogP contribution in [-0.2, 0) is 5.60 Å². The van der Waals surface area contributed by atoms with Gasteiger partial charge in [-0.1, -0.05) is 12.8 Å². The van der Waals surface area contributed by atoms with Crippen LogP contribution in [0, 0.1) is 11.7 Å². The number of halogens is 1. The molecule has 1 saturated carbocycles. The summed E-state index contributed by atoms with van der Waals surface area (Å²) in [6.45, 7) is 1.68. The molecule has 0 saturated heterocycles. The van der Waals surface area contributed by atoms with Crippen LogP contribution in [0.5, 0.6) is 5.75 Å². The number of hydrogen-bond acceptors (Lipinski definition) is 2. The molecule has 0 aliphatic heterocycles. The van der Waals surface area contributed by atoms with Crippen molar-refractivity contribution in [3.8, 4) is 5.75 Å². The quantitative estimate of drug-likeness (QED) is 0.852. The molecule has 88 valence electrons. The molecule has 1 aliphatic rings. The second-order valence-electron chi connectivity index (χ2n) is 4.77. The van der Waals surface area contributed by atoms with Gasteiger partial charge in [0.25, 0.3) is 0 Å². The van der Waals surface area contributed by atoms with Crippen LogP contribution in [0.1, 0.15) is 31.7 Å². The number of rotatable bonds is 4. The molecule has 1 aliphatic carbocycles. The lowest BCUT2D eigenvalue weighted by molar-refractivity contribution is 0.0381. The molecule has 0 spiro atoms. The molecule has 1 fully saturated rings. The molecule has 0 amide bonds. The minimum Gasteiger partial charge on any atom is -0.497 e. The summed E-state index contributed by atoms with van der Waals surface area (Å²) in [5.41, 5.74) is -0.711. The number of methoxy groups -OCH3 is 1. The predicted octanol–water partition coefficient (Wildman–Crippen LogP) is 2.84. The van der Waals surface area contributed by atoms with Gasteiger partial charge in [0.05, 0.1) is 12.7 Å².